The quantitative estimate of drug-likeness (QED) is 0.280. The number of likely N-dealkylation sites (N-methyl/N-ethyl adjacent to an activating group) is 1. The fourth-order valence-corrected chi connectivity index (χ4v) is 7.64. The minimum atomic E-state index is -1.29. The number of amides is 1. The predicted octanol–water partition coefficient (Wildman–Crippen LogP) is 2.63. The number of alkyl halides is 1. The molecule has 1 aromatic rings. The van der Waals surface area contributed by atoms with Crippen LogP contribution in [0.2, 0.25) is 0 Å². The highest BCUT2D eigenvalue weighted by Gasteiger charge is 2.56. The number of benzene rings is 1. The minimum Gasteiger partial charge on any atom is -0.510 e. The number of carbonyl (C=O) groups is 3. The Bertz CT molecular complexity index is 1380. The first-order chi connectivity index (χ1) is 19.9. The maximum absolute atomic E-state index is 14.1. The number of anilines is 1. The van der Waals surface area contributed by atoms with Gasteiger partial charge in [-0.25, -0.2) is 4.39 Å². The lowest BCUT2D eigenvalue weighted by molar-refractivity contribution is -0.136. The third-order valence-corrected chi connectivity index (χ3v) is 9.63. The van der Waals surface area contributed by atoms with Gasteiger partial charge in [-0.15, -0.1) is 0 Å². The third-order valence-electron chi connectivity index (χ3n) is 9.63. The molecule has 0 aromatic heterocycles. The van der Waals surface area contributed by atoms with Gasteiger partial charge >= 0.3 is 0 Å². The molecule has 3 aliphatic carbocycles. The number of aliphatic hydroxyl groups is 2. The number of aliphatic hydroxyl groups excluding tert-OH is 2. The average Bonchev–Trinajstić information content (AvgIpc) is 2.92. The van der Waals surface area contributed by atoms with Gasteiger partial charge in [-0.2, -0.15) is 0 Å². The molecule has 5 N–H and O–H groups in total. The molecule has 0 spiro atoms. The van der Waals surface area contributed by atoms with E-state index in [9.17, 15) is 34.1 Å². The summed E-state index contributed by atoms with van der Waals surface area (Å²) in [5, 5.41) is 34.3. The average molecular weight is 585 g/mol. The SMILES string of the molecule is CCN(CC)c1cc(CN2CCC(F)CC2)c(O)c2c1CC1CC3C(C(=O)C(C(N)=O)=C(O)[C@H]3N(C)C)C(=O)C1=C2O. The van der Waals surface area contributed by atoms with Crippen LogP contribution in [0.25, 0.3) is 5.76 Å². The van der Waals surface area contributed by atoms with E-state index in [-0.39, 0.29) is 22.6 Å². The van der Waals surface area contributed by atoms with Crippen molar-refractivity contribution in [3.63, 3.8) is 0 Å². The number of fused-ring (bicyclic) bond motifs is 3. The Morgan fingerprint density at radius 1 is 1.10 bits per heavy atom. The molecule has 2 fully saturated rings. The monoisotopic (exact) mass is 584 g/mol. The smallest absolute Gasteiger partial charge is 0.255 e. The first-order valence-corrected chi connectivity index (χ1v) is 14.8. The molecular formula is C31H41FN4O6. The zero-order valence-electron chi connectivity index (χ0n) is 24.7. The van der Waals surface area contributed by atoms with Gasteiger partial charge in [0, 0.05) is 49.5 Å². The van der Waals surface area contributed by atoms with E-state index in [1.807, 2.05) is 19.9 Å². The zero-order valence-corrected chi connectivity index (χ0v) is 24.7. The number of nitrogens with two attached hydrogens (primary N) is 1. The van der Waals surface area contributed by atoms with Crippen LogP contribution in [0.4, 0.5) is 10.1 Å². The van der Waals surface area contributed by atoms with Crippen molar-refractivity contribution in [3.05, 3.63) is 39.7 Å². The van der Waals surface area contributed by atoms with Crippen LogP contribution in [0.5, 0.6) is 5.75 Å². The molecule has 1 amide bonds. The van der Waals surface area contributed by atoms with Crippen LogP contribution < -0.4 is 10.6 Å². The van der Waals surface area contributed by atoms with Crippen LogP contribution in [0.3, 0.4) is 0 Å². The lowest BCUT2D eigenvalue weighted by Crippen LogP contribution is -2.55. The highest BCUT2D eigenvalue weighted by molar-refractivity contribution is 6.28. The number of aromatic hydroxyl groups is 1. The van der Waals surface area contributed by atoms with Gasteiger partial charge in [0.05, 0.1) is 17.5 Å². The number of phenols is 1. The number of nitrogens with zero attached hydrogens (tertiary/aromatic N) is 3. The number of halogens is 1. The molecule has 1 saturated carbocycles. The van der Waals surface area contributed by atoms with Gasteiger partial charge in [0.25, 0.3) is 5.91 Å². The lowest BCUT2D eigenvalue weighted by atomic mass is 9.59. The van der Waals surface area contributed by atoms with Crippen molar-refractivity contribution >= 4 is 28.9 Å². The normalized spacial score (nSPS) is 26.8. The molecule has 4 atom stereocenters. The third kappa shape index (κ3) is 4.76. The van der Waals surface area contributed by atoms with E-state index in [4.69, 9.17) is 5.73 Å². The Hall–Kier alpha value is -3.44. The van der Waals surface area contributed by atoms with Crippen molar-refractivity contribution < 1.29 is 34.1 Å². The summed E-state index contributed by atoms with van der Waals surface area (Å²) in [6, 6.07) is 1.16. The first-order valence-electron chi connectivity index (χ1n) is 14.8. The number of hydrogen-bond acceptors (Lipinski definition) is 9. The van der Waals surface area contributed by atoms with E-state index in [1.54, 1.807) is 19.0 Å². The molecule has 0 radical (unpaired) electrons. The van der Waals surface area contributed by atoms with Gasteiger partial charge in [0.15, 0.2) is 11.6 Å². The van der Waals surface area contributed by atoms with Crippen LogP contribution in [0.15, 0.2) is 23.0 Å². The molecule has 1 aromatic carbocycles. The Morgan fingerprint density at radius 2 is 1.74 bits per heavy atom. The molecule has 1 heterocycles. The Balaban J connectivity index is 1.64. The molecule has 228 valence electrons. The van der Waals surface area contributed by atoms with Crippen LogP contribution in [-0.4, -0.2) is 95.1 Å². The van der Waals surface area contributed by atoms with E-state index in [1.165, 1.54) is 0 Å². The Kier molecular flexibility index (Phi) is 8.10. The standard InChI is InChI=1S/C31H41FN4O6/c1-5-36(6-2)20-13-16(14-35-9-7-17(32)8-10-35)26(37)22-18(20)11-15-12-19-23(28(39)21(15)27(22)38)29(40)24(31(33)42)30(41)25(19)34(3)4/h13,15,17,19,23,25,37-38,41H,5-12,14H2,1-4H3,(H2,33,42)/t15?,19?,23?,25-/m0/s1. The molecule has 10 nitrogen and oxygen atoms in total. The maximum atomic E-state index is 14.1. The first kappa shape index (κ1) is 30.0. The van der Waals surface area contributed by atoms with E-state index in [2.05, 4.69) is 9.80 Å². The van der Waals surface area contributed by atoms with Gasteiger partial charge in [0.1, 0.15) is 29.0 Å². The van der Waals surface area contributed by atoms with Crippen molar-refractivity contribution in [1.29, 1.82) is 0 Å². The van der Waals surface area contributed by atoms with Gasteiger partial charge in [-0.05, 0) is 77.1 Å². The number of piperidine rings is 1. The summed E-state index contributed by atoms with van der Waals surface area (Å²) in [7, 11) is 3.40. The van der Waals surface area contributed by atoms with Crippen molar-refractivity contribution in [2.45, 2.75) is 58.3 Å². The molecule has 1 aliphatic heterocycles. The second kappa shape index (κ2) is 11.3. The van der Waals surface area contributed by atoms with Gasteiger partial charge in [-0.1, -0.05) is 0 Å². The minimum absolute atomic E-state index is 0.0657. The summed E-state index contributed by atoms with van der Waals surface area (Å²) in [6.45, 7) is 6.86. The largest absolute Gasteiger partial charge is 0.510 e. The summed E-state index contributed by atoms with van der Waals surface area (Å²) in [5.41, 5.74) is 7.29. The summed E-state index contributed by atoms with van der Waals surface area (Å²) in [4.78, 5) is 45.6. The van der Waals surface area contributed by atoms with E-state index >= 15 is 0 Å². The number of carbonyl (C=O) groups excluding carboxylic acids is 3. The van der Waals surface area contributed by atoms with E-state index in [0.29, 0.717) is 64.0 Å². The van der Waals surface area contributed by atoms with Crippen molar-refractivity contribution in [1.82, 2.24) is 9.80 Å². The number of ketones is 2. The lowest BCUT2D eigenvalue weighted by Gasteiger charge is -2.46. The molecule has 0 bridgehead atoms. The second-order valence-corrected chi connectivity index (χ2v) is 12.2. The second-order valence-electron chi connectivity index (χ2n) is 12.2. The highest BCUT2D eigenvalue weighted by Crippen LogP contribution is 2.52. The molecule has 42 heavy (non-hydrogen) atoms. The van der Waals surface area contributed by atoms with Crippen molar-refractivity contribution in [2.24, 2.45) is 23.5 Å². The summed E-state index contributed by atoms with van der Waals surface area (Å²) >= 11 is 0. The van der Waals surface area contributed by atoms with Crippen LogP contribution in [0, 0.1) is 17.8 Å². The topological polar surface area (TPSA) is 148 Å². The number of hydrogen-bond donors (Lipinski definition) is 4. The molecular weight excluding hydrogens is 543 g/mol. The molecule has 3 unspecified atom stereocenters. The highest BCUT2D eigenvalue weighted by atomic mass is 19.1. The molecule has 11 heteroatoms. The number of rotatable bonds is 7. The number of phenolic OH excluding ortho intramolecular Hbond substituents is 1. The zero-order chi connectivity index (χ0) is 30.6. The van der Waals surface area contributed by atoms with Gasteiger partial charge in [0.2, 0.25) is 0 Å². The fraction of sp³-hybridized carbons (Fsp3) is 0.581. The number of likely N-dealkylation sites (tertiary alicyclic amines) is 1. The molecule has 4 aliphatic rings. The van der Waals surface area contributed by atoms with E-state index in [0.717, 1.165) is 11.3 Å². The summed E-state index contributed by atoms with van der Waals surface area (Å²) in [5.74, 6) is -5.85. The predicted molar refractivity (Wildman–Crippen MR) is 156 cm³/mol. The molecule has 1 saturated heterocycles. The van der Waals surface area contributed by atoms with Crippen LogP contribution in [0.1, 0.15) is 49.8 Å². The van der Waals surface area contributed by atoms with E-state index < -0.39 is 58.8 Å². The number of Topliss-reactive ketones (excluding diaryl/α,β-unsaturated/α-hetero) is 2. The summed E-state index contributed by atoms with van der Waals surface area (Å²) in [6.07, 6.45) is 0.651. The summed E-state index contributed by atoms with van der Waals surface area (Å²) < 4.78 is 13.8. The van der Waals surface area contributed by atoms with Crippen molar-refractivity contribution in [3.8, 4) is 5.75 Å². The fourth-order valence-electron chi connectivity index (χ4n) is 7.64. The van der Waals surface area contributed by atoms with Crippen LogP contribution in [-0.2, 0) is 27.3 Å². The molecule has 5 rings (SSSR count). The number of primary amides is 1. The maximum Gasteiger partial charge on any atom is 0.255 e. The van der Waals surface area contributed by atoms with Gasteiger partial charge < -0.3 is 26.0 Å². The Morgan fingerprint density at radius 3 is 2.31 bits per heavy atom. The number of allylic oxidation sites excluding steroid dienone is 1. The Labute approximate surface area is 245 Å². The van der Waals surface area contributed by atoms with Crippen LogP contribution >= 0.6 is 0 Å². The van der Waals surface area contributed by atoms with Crippen molar-refractivity contribution in [2.75, 3.05) is 45.2 Å². The van der Waals surface area contributed by atoms with Gasteiger partial charge in [-0.3, -0.25) is 24.2 Å².